The first-order chi connectivity index (χ1) is 11.6. The molecule has 0 saturated carbocycles. The number of aromatic nitrogens is 4. The predicted molar refractivity (Wildman–Crippen MR) is 98.4 cm³/mol. The second-order valence-corrected chi connectivity index (χ2v) is 6.94. The number of H-pyrrole nitrogens is 2. The van der Waals surface area contributed by atoms with Crippen molar-refractivity contribution >= 4 is 21.8 Å². The van der Waals surface area contributed by atoms with E-state index in [-0.39, 0.29) is 0 Å². The molecule has 0 aliphatic rings. The van der Waals surface area contributed by atoms with Gasteiger partial charge >= 0.3 is 0 Å². The van der Waals surface area contributed by atoms with Crippen molar-refractivity contribution in [1.82, 2.24) is 19.9 Å². The molecule has 0 spiro atoms. The van der Waals surface area contributed by atoms with Crippen LogP contribution in [0.2, 0.25) is 0 Å². The van der Waals surface area contributed by atoms with Gasteiger partial charge in [0.15, 0.2) is 0 Å². The Morgan fingerprint density at radius 2 is 1.83 bits per heavy atom. The Labute approximate surface area is 141 Å². The van der Waals surface area contributed by atoms with Gasteiger partial charge in [-0.1, -0.05) is 20.8 Å². The second-order valence-electron chi connectivity index (χ2n) is 6.94. The average Bonchev–Trinajstić information content (AvgIpc) is 3.17. The molecule has 122 valence electrons. The molecule has 0 radical (unpaired) electrons. The van der Waals surface area contributed by atoms with E-state index in [1.54, 1.807) is 0 Å². The summed E-state index contributed by atoms with van der Waals surface area (Å²) in [5, 5.41) is 2.40. The molecule has 1 unspecified atom stereocenters. The van der Waals surface area contributed by atoms with Crippen LogP contribution in [-0.2, 0) is 6.42 Å². The zero-order chi connectivity index (χ0) is 16.7. The SMILES string of the molecule is CC(C)c1cc2[nH]c(CC(C)c3cc4ccncc4[nH]3)cc2cn1. The van der Waals surface area contributed by atoms with Crippen LogP contribution in [0.5, 0.6) is 0 Å². The number of rotatable bonds is 4. The molecule has 0 aliphatic carbocycles. The van der Waals surface area contributed by atoms with Crippen LogP contribution in [0.25, 0.3) is 21.8 Å². The average molecular weight is 318 g/mol. The van der Waals surface area contributed by atoms with Gasteiger partial charge in [-0.3, -0.25) is 9.97 Å². The van der Waals surface area contributed by atoms with E-state index in [0.29, 0.717) is 11.8 Å². The highest BCUT2D eigenvalue weighted by atomic mass is 14.8. The van der Waals surface area contributed by atoms with Crippen LogP contribution in [0.1, 0.15) is 49.7 Å². The molecule has 4 heteroatoms. The van der Waals surface area contributed by atoms with E-state index in [2.05, 4.69) is 58.9 Å². The summed E-state index contributed by atoms with van der Waals surface area (Å²) in [4.78, 5) is 15.8. The number of hydrogen-bond acceptors (Lipinski definition) is 2. The maximum atomic E-state index is 4.55. The molecule has 4 heterocycles. The van der Waals surface area contributed by atoms with Gasteiger partial charge in [-0.25, -0.2) is 0 Å². The molecule has 0 aliphatic heterocycles. The van der Waals surface area contributed by atoms with Gasteiger partial charge in [0.2, 0.25) is 0 Å². The third-order valence-corrected chi connectivity index (χ3v) is 4.67. The normalized spacial score (nSPS) is 13.2. The van der Waals surface area contributed by atoms with Gasteiger partial charge in [-0.2, -0.15) is 0 Å². The Balaban J connectivity index is 1.60. The van der Waals surface area contributed by atoms with Crippen LogP contribution in [0.15, 0.2) is 42.9 Å². The fourth-order valence-electron chi connectivity index (χ4n) is 3.23. The number of nitrogens with zero attached hydrogens (tertiary/aromatic N) is 2. The van der Waals surface area contributed by atoms with Crippen LogP contribution in [0.3, 0.4) is 0 Å². The first kappa shape index (κ1) is 14.9. The fraction of sp³-hybridized carbons (Fsp3) is 0.300. The summed E-state index contributed by atoms with van der Waals surface area (Å²) in [5.41, 5.74) is 5.90. The number of hydrogen-bond donors (Lipinski definition) is 2. The maximum Gasteiger partial charge on any atom is 0.0642 e. The summed E-state index contributed by atoms with van der Waals surface area (Å²) in [6, 6.07) is 8.66. The van der Waals surface area contributed by atoms with E-state index in [1.165, 1.54) is 27.7 Å². The van der Waals surface area contributed by atoms with Crippen molar-refractivity contribution in [3.05, 3.63) is 59.9 Å². The Kier molecular flexibility index (Phi) is 3.60. The first-order valence-corrected chi connectivity index (χ1v) is 8.50. The van der Waals surface area contributed by atoms with Gasteiger partial charge in [-0.15, -0.1) is 0 Å². The summed E-state index contributed by atoms with van der Waals surface area (Å²) >= 11 is 0. The van der Waals surface area contributed by atoms with Gasteiger partial charge in [0.05, 0.1) is 11.7 Å². The van der Waals surface area contributed by atoms with E-state index in [9.17, 15) is 0 Å². The van der Waals surface area contributed by atoms with Crippen LogP contribution in [-0.4, -0.2) is 19.9 Å². The molecule has 4 aromatic heterocycles. The van der Waals surface area contributed by atoms with E-state index in [1.807, 2.05) is 24.7 Å². The molecule has 0 amide bonds. The van der Waals surface area contributed by atoms with Gasteiger partial charge < -0.3 is 9.97 Å². The predicted octanol–water partition coefficient (Wildman–Crippen LogP) is 4.91. The lowest BCUT2D eigenvalue weighted by molar-refractivity contribution is 0.727. The van der Waals surface area contributed by atoms with Crippen molar-refractivity contribution in [1.29, 1.82) is 0 Å². The molecule has 0 aromatic carbocycles. The monoisotopic (exact) mass is 318 g/mol. The lowest BCUT2D eigenvalue weighted by Crippen LogP contribution is -1.98. The zero-order valence-corrected chi connectivity index (χ0v) is 14.3. The largest absolute Gasteiger partial charge is 0.358 e. The number of fused-ring (bicyclic) bond motifs is 2. The van der Waals surface area contributed by atoms with Crippen molar-refractivity contribution in [2.45, 2.75) is 39.0 Å². The van der Waals surface area contributed by atoms with E-state index >= 15 is 0 Å². The molecular weight excluding hydrogens is 296 g/mol. The highest BCUT2D eigenvalue weighted by Crippen LogP contribution is 2.26. The Hall–Kier alpha value is -2.62. The third-order valence-electron chi connectivity index (χ3n) is 4.67. The second kappa shape index (κ2) is 5.78. The van der Waals surface area contributed by atoms with Crippen LogP contribution in [0.4, 0.5) is 0 Å². The molecule has 2 N–H and O–H groups in total. The minimum Gasteiger partial charge on any atom is -0.358 e. The molecule has 0 saturated heterocycles. The van der Waals surface area contributed by atoms with Crippen molar-refractivity contribution in [2.24, 2.45) is 0 Å². The quantitative estimate of drug-likeness (QED) is 0.562. The van der Waals surface area contributed by atoms with Gasteiger partial charge in [0.1, 0.15) is 0 Å². The molecule has 0 fully saturated rings. The molecule has 24 heavy (non-hydrogen) atoms. The lowest BCUT2D eigenvalue weighted by Gasteiger charge is -2.07. The molecule has 4 rings (SSSR count). The van der Waals surface area contributed by atoms with E-state index in [0.717, 1.165) is 17.6 Å². The molecule has 4 aromatic rings. The zero-order valence-electron chi connectivity index (χ0n) is 14.3. The smallest absolute Gasteiger partial charge is 0.0642 e. The molecule has 1 atom stereocenters. The highest BCUT2D eigenvalue weighted by molar-refractivity contribution is 5.80. The molecule has 4 nitrogen and oxygen atoms in total. The van der Waals surface area contributed by atoms with Crippen LogP contribution in [0, 0.1) is 0 Å². The first-order valence-electron chi connectivity index (χ1n) is 8.50. The van der Waals surface area contributed by atoms with Crippen LogP contribution >= 0.6 is 0 Å². The maximum absolute atomic E-state index is 4.55. The summed E-state index contributed by atoms with van der Waals surface area (Å²) in [5.74, 6) is 0.850. The Morgan fingerprint density at radius 1 is 0.958 bits per heavy atom. The standard InChI is InChI=1S/C20H22N4/c1-12(2)17-9-19-15(10-22-17)7-16(23-19)6-13(3)18-8-14-4-5-21-11-20(14)24-18/h4-5,7-13,23-24H,6H2,1-3H3. The third kappa shape index (κ3) is 2.68. The summed E-state index contributed by atoms with van der Waals surface area (Å²) in [6.45, 7) is 6.59. The van der Waals surface area contributed by atoms with Gasteiger partial charge in [0.25, 0.3) is 0 Å². The van der Waals surface area contributed by atoms with E-state index in [4.69, 9.17) is 0 Å². The summed E-state index contributed by atoms with van der Waals surface area (Å²) in [6.07, 6.45) is 6.66. The molecular formula is C20H22N4. The lowest BCUT2D eigenvalue weighted by atomic mass is 10.0. The summed E-state index contributed by atoms with van der Waals surface area (Å²) < 4.78 is 0. The fourth-order valence-corrected chi connectivity index (χ4v) is 3.23. The minimum atomic E-state index is 0.406. The Bertz CT molecular complexity index is 960. The summed E-state index contributed by atoms with van der Waals surface area (Å²) in [7, 11) is 0. The topological polar surface area (TPSA) is 57.4 Å². The number of aromatic amines is 2. The number of pyridine rings is 2. The van der Waals surface area contributed by atoms with Gasteiger partial charge in [0, 0.05) is 51.7 Å². The van der Waals surface area contributed by atoms with Crippen LogP contribution < -0.4 is 0 Å². The Morgan fingerprint density at radius 3 is 2.62 bits per heavy atom. The van der Waals surface area contributed by atoms with E-state index < -0.39 is 0 Å². The number of nitrogens with one attached hydrogen (secondary N) is 2. The van der Waals surface area contributed by atoms with Crippen molar-refractivity contribution in [2.75, 3.05) is 0 Å². The van der Waals surface area contributed by atoms with Crippen molar-refractivity contribution in [3.8, 4) is 0 Å². The highest BCUT2D eigenvalue weighted by Gasteiger charge is 2.12. The molecule has 0 bridgehead atoms. The van der Waals surface area contributed by atoms with Gasteiger partial charge in [-0.05, 0) is 36.6 Å². The minimum absolute atomic E-state index is 0.406. The van der Waals surface area contributed by atoms with Crippen molar-refractivity contribution < 1.29 is 0 Å². The van der Waals surface area contributed by atoms with Crippen molar-refractivity contribution in [3.63, 3.8) is 0 Å².